The van der Waals surface area contributed by atoms with Gasteiger partial charge in [-0.15, -0.1) is 0 Å². The first-order valence-corrected chi connectivity index (χ1v) is 12.7. The Hall–Kier alpha value is -3.26. The van der Waals surface area contributed by atoms with Crippen LogP contribution in [0.25, 0.3) is 0 Å². The first kappa shape index (κ1) is 24.9. The van der Waals surface area contributed by atoms with Gasteiger partial charge in [0.25, 0.3) is 0 Å². The zero-order valence-corrected chi connectivity index (χ0v) is 21.1. The van der Waals surface area contributed by atoms with Gasteiger partial charge in [-0.25, -0.2) is 4.79 Å². The molecule has 7 nitrogen and oxygen atoms in total. The quantitative estimate of drug-likeness (QED) is 0.409. The molecule has 0 radical (unpaired) electrons. The average Bonchev–Trinajstić information content (AvgIpc) is 3.38. The van der Waals surface area contributed by atoms with Crippen LogP contribution in [0.1, 0.15) is 50.2 Å². The van der Waals surface area contributed by atoms with Gasteiger partial charge < -0.3 is 14.2 Å². The van der Waals surface area contributed by atoms with Crippen molar-refractivity contribution in [2.45, 2.75) is 39.0 Å². The number of methoxy groups -OCH3 is 1. The maximum Gasteiger partial charge on any atom is 0.336 e. The van der Waals surface area contributed by atoms with Gasteiger partial charge in [0.1, 0.15) is 11.7 Å². The summed E-state index contributed by atoms with van der Waals surface area (Å²) in [5.41, 5.74) is 3.15. The minimum atomic E-state index is -1.04. The lowest BCUT2D eigenvalue weighted by atomic mass is 9.62. The summed E-state index contributed by atoms with van der Waals surface area (Å²) < 4.78 is 16.3. The molecule has 2 heterocycles. The SMILES string of the molecule is CCOC(=O)C1=C(C)N=C2C[C@H](c3ccccc3OC)[C@@H](C(=O)OCC)C(=O)C2[C@@H]1c1ccsc1. The molecule has 4 atom stereocenters. The van der Waals surface area contributed by atoms with E-state index in [-0.39, 0.29) is 19.0 Å². The van der Waals surface area contributed by atoms with Crippen LogP contribution in [-0.2, 0) is 23.9 Å². The molecule has 0 saturated heterocycles. The summed E-state index contributed by atoms with van der Waals surface area (Å²) in [5, 5.41) is 3.84. The summed E-state index contributed by atoms with van der Waals surface area (Å²) in [7, 11) is 1.56. The van der Waals surface area contributed by atoms with Gasteiger partial charge in [-0.3, -0.25) is 14.6 Å². The summed E-state index contributed by atoms with van der Waals surface area (Å²) in [6, 6.07) is 9.30. The van der Waals surface area contributed by atoms with E-state index < -0.39 is 35.6 Å². The number of ketones is 1. The Balaban J connectivity index is 1.88. The highest BCUT2D eigenvalue weighted by Crippen LogP contribution is 2.49. The third-order valence-electron chi connectivity index (χ3n) is 6.63. The van der Waals surface area contributed by atoms with Crippen LogP contribution in [0, 0.1) is 11.8 Å². The minimum absolute atomic E-state index is 0.161. The minimum Gasteiger partial charge on any atom is -0.496 e. The second kappa shape index (κ2) is 10.6. The van der Waals surface area contributed by atoms with Crippen LogP contribution in [0.15, 0.2) is 57.4 Å². The molecular weight excluding hydrogens is 466 g/mol. The highest BCUT2D eigenvalue weighted by Gasteiger charge is 2.53. The number of hydrogen-bond acceptors (Lipinski definition) is 8. The van der Waals surface area contributed by atoms with Crippen molar-refractivity contribution in [2.75, 3.05) is 20.3 Å². The van der Waals surface area contributed by atoms with Crippen LogP contribution < -0.4 is 4.74 Å². The van der Waals surface area contributed by atoms with Gasteiger partial charge in [-0.2, -0.15) is 11.3 Å². The Kier molecular flexibility index (Phi) is 7.50. The second-order valence-corrected chi connectivity index (χ2v) is 9.30. The number of carbonyl (C=O) groups excluding carboxylic acids is 3. The zero-order valence-electron chi connectivity index (χ0n) is 20.3. The third-order valence-corrected chi connectivity index (χ3v) is 7.33. The maximum absolute atomic E-state index is 14.2. The van der Waals surface area contributed by atoms with Crippen molar-refractivity contribution in [3.05, 3.63) is 63.5 Å². The Bertz CT molecular complexity index is 1180. The van der Waals surface area contributed by atoms with Crippen molar-refractivity contribution in [1.29, 1.82) is 0 Å². The third kappa shape index (κ3) is 4.55. The molecule has 1 aromatic heterocycles. The number of hydrogen-bond donors (Lipinski definition) is 0. The largest absolute Gasteiger partial charge is 0.496 e. The van der Waals surface area contributed by atoms with Gasteiger partial charge in [0, 0.05) is 23.2 Å². The molecule has 1 aromatic carbocycles. The molecular formula is C27H29NO6S. The fourth-order valence-corrected chi connectivity index (χ4v) is 5.93. The van der Waals surface area contributed by atoms with E-state index in [9.17, 15) is 14.4 Å². The first-order valence-electron chi connectivity index (χ1n) is 11.7. The zero-order chi connectivity index (χ0) is 25.1. The summed E-state index contributed by atoms with van der Waals surface area (Å²) in [5.74, 6) is -3.62. The number of allylic oxidation sites excluding steroid dienone is 1. The number of nitrogens with zero attached hydrogens (tertiary/aromatic N) is 1. The van der Waals surface area contributed by atoms with E-state index >= 15 is 0 Å². The molecule has 0 N–H and O–H groups in total. The van der Waals surface area contributed by atoms with E-state index in [1.54, 1.807) is 27.9 Å². The van der Waals surface area contributed by atoms with Gasteiger partial charge in [0.15, 0.2) is 5.78 Å². The van der Waals surface area contributed by atoms with Crippen LogP contribution in [0.3, 0.4) is 0 Å². The van der Waals surface area contributed by atoms with Crippen LogP contribution >= 0.6 is 11.3 Å². The van der Waals surface area contributed by atoms with E-state index in [2.05, 4.69) is 0 Å². The Morgan fingerprint density at radius 1 is 1.09 bits per heavy atom. The molecule has 0 amide bonds. The number of Topliss-reactive ketones (excluding diaryl/α,β-unsaturated/α-hetero) is 1. The number of benzene rings is 1. The molecule has 0 spiro atoms. The van der Waals surface area contributed by atoms with Crippen LogP contribution in [0.4, 0.5) is 0 Å². The van der Waals surface area contributed by atoms with E-state index in [0.29, 0.717) is 29.2 Å². The highest BCUT2D eigenvalue weighted by molar-refractivity contribution is 7.08. The monoisotopic (exact) mass is 495 g/mol. The Morgan fingerprint density at radius 2 is 1.83 bits per heavy atom. The van der Waals surface area contributed by atoms with E-state index in [0.717, 1.165) is 11.1 Å². The second-order valence-electron chi connectivity index (χ2n) is 8.52. The van der Waals surface area contributed by atoms with Crippen molar-refractivity contribution < 1.29 is 28.6 Å². The number of aliphatic imine (C=N–C) groups is 1. The fraction of sp³-hybridized carbons (Fsp3) is 0.407. The molecule has 1 aliphatic heterocycles. The molecule has 184 valence electrons. The van der Waals surface area contributed by atoms with Gasteiger partial charge in [-0.05, 0) is 61.2 Å². The number of thiophene rings is 1. The highest BCUT2D eigenvalue weighted by atomic mass is 32.1. The summed E-state index contributed by atoms with van der Waals surface area (Å²) in [4.78, 5) is 45.2. The lowest BCUT2D eigenvalue weighted by Gasteiger charge is -2.41. The van der Waals surface area contributed by atoms with Crippen molar-refractivity contribution in [3.8, 4) is 5.75 Å². The fourth-order valence-electron chi connectivity index (χ4n) is 5.23. The molecule has 2 aliphatic rings. The molecule has 1 saturated carbocycles. The first-order chi connectivity index (χ1) is 16.9. The van der Waals surface area contributed by atoms with Crippen molar-refractivity contribution in [2.24, 2.45) is 16.8 Å². The Labute approximate surface area is 208 Å². The Morgan fingerprint density at radius 3 is 2.49 bits per heavy atom. The van der Waals surface area contributed by atoms with E-state index in [1.807, 2.05) is 41.1 Å². The van der Waals surface area contributed by atoms with Gasteiger partial charge in [0.05, 0.1) is 31.8 Å². The predicted molar refractivity (Wildman–Crippen MR) is 133 cm³/mol. The van der Waals surface area contributed by atoms with Crippen molar-refractivity contribution in [3.63, 3.8) is 0 Å². The lowest BCUT2D eigenvalue weighted by Crippen LogP contribution is -2.48. The standard InChI is InChI=1S/C27H29NO6S/c1-5-33-26(30)21-15(3)28-19-13-18(17-9-7-8-10-20(17)32-4)23(27(31)34-6-2)25(29)24(19)22(21)16-11-12-35-14-16/h7-12,14,18,22-24H,5-6,13H2,1-4H3/t18-,22-,23-,24?/m1/s1. The smallest absolute Gasteiger partial charge is 0.336 e. The normalized spacial score (nSPS) is 23.9. The van der Waals surface area contributed by atoms with Gasteiger partial charge >= 0.3 is 11.9 Å². The maximum atomic E-state index is 14.2. The van der Waals surface area contributed by atoms with Gasteiger partial charge in [0.2, 0.25) is 0 Å². The van der Waals surface area contributed by atoms with E-state index in [4.69, 9.17) is 19.2 Å². The molecule has 8 heteroatoms. The van der Waals surface area contributed by atoms with Crippen LogP contribution in [-0.4, -0.2) is 43.8 Å². The molecule has 1 unspecified atom stereocenters. The topological polar surface area (TPSA) is 91.3 Å². The number of ether oxygens (including phenoxy) is 3. The molecule has 1 aliphatic carbocycles. The molecule has 4 rings (SSSR count). The number of carbonyl (C=O) groups is 3. The summed E-state index contributed by atoms with van der Waals surface area (Å²) in [6.07, 6.45) is 0.369. The lowest BCUT2D eigenvalue weighted by molar-refractivity contribution is -0.153. The number of esters is 2. The van der Waals surface area contributed by atoms with Crippen LogP contribution in [0.2, 0.25) is 0 Å². The van der Waals surface area contributed by atoms with Crippen LogP contribution in [0.5, 0.6) is 5.75 Å². The number of rotatable bonds is 7. The van der Waals surface area contributed by atoms with Crippen molar-refractivity contribution in [1.82, 2.24) is 0 Å². The van der Waals surface area contributed by atoms with E-state index in [1.165, 1.54) is 11.3 Å². The molecule has 35 heavy (non-hydrogen) atoms. The molecule has 0 bridgehead atoms. The average molecular weight is 496 g/mol. The number of para-hydroxylation sites is 1. The summed E-state index contributed by atoms with van der Waals surface area (Å²) in [6.45, 7) is 5.60. The molecule has 2 aromatic rings. The number of fused-ring (bicyclic) bond motifs is 1. The molecule has 1 fully saturated rings. The van der Waals surface area contributed by atoms with Crippen molar-refractivity contribution >= 4 is 34.8 Å². The predicted octanol–water partition coefficient (Wildman–Crippen LogP) is 4.68. The summed E-state index contributed by atoms with van der Waals surface area (Å²) >= 11 is 1.49. The van der Waals surface area contributed by atoms with Gasteiger partial charge in [-0.1, -0.05) is 18.2 Å².